The molecule has 1 aliphatic rings. The molecule has 0 radical (unpaired) electrons. The number of nitrogens with zero attached hydrogens (tertiary/aromatic N) is 2. The number of nitriles is 1. The average Bonchev–Trinajstić information content (AvgIpc) is 2.53. The Morgan fingerprint density at radius 2 is 2.11 bits per heavy atom. The summed E-state index contributed by atoms with van der Waals surface area (Å²) in [6.45, 7) is 6.88. The lowest BCUT2D eigenvalue weighted by molar-refractivity contribution is 0.325. The van der Waals surface area contributed by atoms with Gasteiger partial charge < -0.3 is 10.6 Å². The summed E-state index contributed by atoms with van der Waals surface area (Å²) in [7, 11) is 0. The molecular formula is C16H23N3. The molecule has 0 aromatic heterocycles. The molecule has 0 aliphatic carbocycles. The van der Waals surface area contributed by atoms with E-state index in [0.29, 0.717) is 11.8 Å². The summed E-state index contributed by atoms with van der Waals surface area (Å²) in [5.41, 5.74) is 9.23. The summed E-state index contributed by atoms with van der Waals surface area (Å²) in [5.74, 6) is 0. The van der Waals surface area contributed by atoms with Crippen LogP contribution in [0.4, 0.5) is 11.4 Å². The summed E-state index contributed by atoms with van der Waals surface area (Å²) in [6, 6.07) is 8.27. The summed E-state index contributed by atoms with van der Waals surface area (Å²) in [6.07, 6.45) is 4.11. The molecule has 0 atom stereocenters. The zero-order chi connectivity index (χ0) is 13.9. The smallest absolute Gasteiger partial charge is 0.0670 e. The molecule has 0 amide bonds. The van der Waals surface area contributed by atoms with Gasteiger partial charge in [0.15, 0.2) is 0 Å². The van der Waals surface area contributed by atoms with Crippen LogP contribution in [-0.4, -0.2) is 13.1 Å². The third kappa shape index (κ3) is 3.41. The molecule has 1 saturated heterocycles. The molecule has 1 heterocycles. The number of nitrogens with two attached hydrogens (primary N) is 1. The normalized spacial score (nSPS) is 18.7. The molecule has 1 aliphatic heterocycles. The Kier molecular flexibility index (Phi) is 3.99. The van der Waals surface area contributed by atoms with Crippen LogP contribution in [0.15, 0.2) is 18.2 Å². The Balaban J connectivity index is 2.18. The van der Waals surface area contributed by atoms with Gasteiger partial charge in [0.25, 0.3) is 0 Å². The number of anilines is 2. The summed E-state index contributed by atoms with van der Waals surface area (Å²) >= 11 is 0. The average molecular weight is 257 g/mol. The standard InChI is InChI=1S/C16H23N3/c1-16(2)7-3-10-19(11-8-16)14-4-5-15(18)13(12-14)6-9-17/h4-5,12H,3,6-8,10-11,18H2,1-2H3. The molecule has 0 saturated carbocycles. The predicted octanol–water partition coefficient (Wildman–Crippen LogP) is 3.35. The van der Waals surface area contributed by atoms with Crippen molar-refractivity contribution >= 4 is 11.4 Å². The van der Waals surface area contributed by atoms with Gasteiger partial charge in [0.2, 0.25) is 0 Å². The van der Waals surface area contributed by atoms with Gasteiger partial charge in [-0.15, -0.1) is 0 Å². The van der Waals surface area contributed by atoms with E-state index in [1.54, 1.807) is 0 Å². The Morgan fingerprint density at radius 1 is 1.32 bits per heavy atom. The topological polar surface area (TPSA) is 53.0 Å². The number of rotatable bonds is 2. The Morgan fingerprint density at radius 3 is 2.84 bits per heavy atom. The highest BCUT2D eigenvalue weighted by atomic mass is 15.1. The fraction of sp³-hybridized carbons (Fsp3) is 0.562. The molecular weight excluding hydrogens is 234 g/mol. The van der Waals surface area contributed by atoms with Gasteiger partial charge in [-0.2, -0.15) is 5.26 Å². The van der Waals surface area contributed by atoms with Gasteiger partial charge in [-0.1, -0.05) is 13.8 Å². The number of hydrogen-bond acceptors (Lipinski definition) is 3. The Labute approximate surface area is 116 Å². The van der Waals surface area contributed by atoms with Gasteiger partial charge in [-0.05, 0) is 48.4 Å². The maximum Gasteiger partial charge on any atom is 0.0670 e. The van der Waals surface area contributed by atoms with Crippen molar-refractivity contribution in [1.82, 2.24) is 0 Å². The van der Waals surface area contributed by atoms with E-state index < -0.39 is 0 Å². The van der Waals surface area contributed by atoms with Crippen molar-refractivity contribution in [3.63, 3.8) is 0 Å². The minimum absolute atomic E-state index is 0.388. The minimum atomic E-state index is 0.388. The van der Waals surface area contributed by atoms with Crippen LogP contribution in [0.25, 0.3) is 0 Å². The molecule has 0 spiro atoms. The van der Waals surface area contributed by atoms with Crippen molar-refractivity contribution in [1.29, 1.82) is 5.26 Å². The number of nitrogen functional groups attached to an aromatic ring is 1. The monoisotopic (exact) mass is 257 g/mol. The second-order valence-corrected chi connectivity index (χ2v) is 6.22. The van der Waals surface area contributed by atoms with E-state index in [1.807, 2.05) is 6.07 Å². The van der Waals surface area contributed by atoms with Gasteiger partial charge in [-0.25, -0.2) is 0 Å². The molecule has 0 bridgehead atoms. The van der Waals surface area contributed by atoms with E-state index in [2.05, 4.69) is 36.9 Å². The molecule has 0 unspecified atom stereocenters. The van der Waals surface area contributed by atoms with E-state index in [1.165, 1.54) is 24.9 Å². The fourth-order valence-corrected chi connectivity index (χ4v) is 2.71. The first-order valence-corrected chi connectivity index (χ1v) is 7.02. The van der Waals surface area contributed by atoms with Crippen molar-refractivity contribution < 1.29 is 0 Å². The van der Waals surface area contributed by atoms with Crippen LogP contribution in [-0.2, 0) is 6.42 Å². The second kappa shape index (κ2) is 5.52. The van der Waals surface area contributed by atoms with Crippen molar-refractivity contribution in [2.24, 2.45) is 5.41 Å². The van der Waals surface area contributed by atoms with Gasteiger partial charge in [0, 0.05) is 24.5 Å². The van der Waals surface area contributed by atoms with Crippen LogP contribution in [0.2, 0.25) is 0 Å². The SMILES string of the molecule is CC1(C)CCCN(c2ccc(N)c(CC#N)c2)CC1. The molecule has 1 aromatic rings. The Bertz CT molecular complexity index is 485. The highest BCUT2D eigenvalue weighted by Gasteiger charge is 2.23. The van der Waals surface area contributed by atoms with Crippen molar-refractivity contribution in [3.8, 4) is 6.07 Å². The first-order chi connectivity index (χ1) is 9.02. The van der Waals surface area contributed by atoms with Gasteiger partial charge >= 0.3 is 0 Å². The van der Waals surface area contributed by atoms with Gasteiger partial charge in [-0.3, -0.25) is 0 Å². The van der Waals surface area contributed by atoms with Gasteiger partial charge in [0.05, 0.1) is 12.5 Å². The maximum atomic E-state index is 8.84. The third-order valence-corrected chi connectivity index (χ3v) is 4.10. The number of hydrogen-bond donors (Lipinski definition) is 1. The van der Waals surface area contributed by atoms with Crippen LogP contribution in [0.3, 0.4) is 0 Å². The Hall–Kier alpha value is -1.69. The van der Waals surface area contributed by atoms with Crippen LogP contribution in [0, 0.1) is 16.7 Å². The fourth-order valence-electron chi connectivity index (χ4n) is 2.71. The molecule has 102 valence electrons. The highest BCUT2D eigenvalue weighted by molar-refractivity contribution is 5.59. The molecule has 1 fully saturated rings. The minimum Gasteiger partial charge on any atom is -0.398 e. The zero-order valence-electron chi connectivity index (χ0n) is 11.9. The lowest BCUT2D eigenvalue weighted by Crippen LogP contribution is -2.25. The van der Waals surface area contributed by atoms with E-state index >= 15 is 0 Å². The predicted molar refractivity (Wildman–Crippen MR) is 80.0 cm³/mol. The molecule has 19 heavy (non-hydrogen) atoms. The van der Waals surface area contributed by atoms with Crippen LogP contribution >= 0.6 is 0 Å². The summed E-state index contributed by atoms with van der Waals surface area (Å²) in [5, 5.41) is 8.84. The van der Waals surface area contributed by atoms with Crippen molar-refractivity contribution in [3.05, 3.63) is 23.8 Å². The first-order valence-electron chi connectivity index (χ1n) is 7.02. The van der Waals surface area contributed by atoms with E-state index in [9.17, 15) is 0 Å². The molecule has 2 rings (SSSR count). The second-order valence-electron chi connectivity index (χ2n) is 6.22. The third-order valence-electron chi connectivity index (χ3n) is 4.10. The molecule has 3 heteroatoms. The maximum absolute atomic E-state index is 8.84. The van der Waals surface area contributed by atoms with Crippen LogP contribution < -0.4 is 10.6 Å². The van der Waals surface area contributed by atoms with Crippen LogP contribution in [0.5, 0.6) is 0 Å². The zero-order valence-corrected chi connectivity index (χ0v) is 11.9. The van der Waals surface area contributed by atoms with Crippen molar-refractivity contribution in [2.45, 2.75) is 39.5 Å². The van der Waals surface area contributed by atoms with E-state index in [0.717, 1.165) is 24.3 Å². The molecule has 2 N–H and O–H groups in total. The van der Waals surface area contributed by atoms with Crippen LogP contribution in [0.1, 0.15) is 38.7 Å². The quantitative estimate of drug-likeness (QED) is 0.827. The van der Waals surface area contributed by atoms with Crippen molar-refractivity contribution in [2.75, 3.05) is 23.7 Å². The highest BCUT2D eigenvalue weighted by Crippen LogP contribution is 2.32. The lowest BCUT2D eigenvalue weighted by Gasteiger charge is -2.25. The number of benzene rings is 1. The first kappa shape index (κ1) is 13.7. The van der Waals surface area contributed by atoms with E-state index in [-0.39, 0.29) is 0 Å². The molecule has 1 aromatic carbocycles. The lowest BCUT2D eigenvalue weighted by atomic mass is 9.85. The largest absolute Gasteiger partial charge is 0.398 e. The summed E-state index contributed by atoms with van der Waals surface area (Å²) < 4.78 is 0. The van der Waals surface area contributed by atoms with E-state index in [4.69, 9.17) is 11.0 Å². The van der Waals surface area contributed by atoms with Gasteiger partial charge in [0.1, 0.15) is 0 Å². The summed E-state index contributed by atoms with van der Waals surface area (Å²) in [4.78, 5) is 2.43. The molecule has 3 nitrogen and oxygen atoms in total.